The minimum Gasteiger partial charge on any atom is -0.497 e. The summed E-state index contributed by atoms with van der Waals surface area (Å²) in [5.74, 6) is 0.509. The third-order valence-electron chi connectivity index (χ3n) is 5.24. The SMILES string of the molecule is COc1cccc(N(Cc2cc3cc(C)ccc3[nH]c2=O)C(=O)C2CCCO2)c1. The van der Waals surface area contributed by atoms with Gasteiger partial charge >= 0.3 is 0 Å². The van der Waals surface area contributed by atoms with E-state index in [1.54, 1.807) is 18.1 Å². The van der Waals surface area contributed by atoms with Crippen molar-refractivity contribution in [1.29, 1.82) is 0 Å². The Labute approximate surface area is 169 Å². The standard InChI is InChI=1S/C23H24N2O4/c1-15-8-9-20-16(11-15)12-17(22(26)24-20)14-25(23(27)21-7-4-10-29-21)18-5-3-6-19(13-18)28-2/h3,5-6,8-9,11-13,21H,4,7,10,14H2,1-2H3,(H,24,26). The van der Waals surface area contributed by atoms with Crippen LogP contribution in [0.25, 0.3) is 10.9 Å². The average Bonchev–Trinajstić information content (AvgIpc) is 3.27. The molecule has 1 aromatic heterocycles. The van der Waals surface area contributed by atoms with Crippen LogP contribution in [0, 0.1) is 6.92 Å². The summed E-state index contributed by atoms with van der Waals surface area (Å²) < 4.78 is 10.9. The number of aromatic nitrogens is 1. The number of hydrogen-bond acceptors (Lipinski definition) is 4. The van der Waals surface area contributed by atoms with E-state index in [0.717, 1.165) is 22.9 Å². The normalized spacial score (nSPS) is 16.1. The summed E-state index contributed by atoms with van der Waals surface area (Å²) in [6, 6.07) is 15.0. The van der Waals surface area contributed by atoms with Gasteiger partial charge in [-0.3, -0.25) is 9.59 Å². The molecule has 2 heterocycles. The van der Waals surface area contributed by atoms with Crippen LogP contribution in [0.2, 0.25) is 0 Å². The van der Waals surface area contributed by atoms with Crippen LogP contribution in [0.3, 0.4) is 0 Å². The Bertz CT molecular complexity index is 1100. The molecule has 150 valence electrons. The summed E-state index contributed by atoms with van der Waals surface area (Å²) in [7, 11) is 1.59. The highest BCUT2D eigenvalue weighted by Gasteiger charge is 2.30. The van der Waals surface area contributed by atoms with Crippen molar-refractivity contribution < 1.29 is 14.3 Å². The summed E-state index contributed by atoms with van der Waals surface area (Å²) in [6.07, 6.45) is 1.06. The number of fused-ring (bicyclic) bond motifs is 1. The van der Waals surface area contributed by atoms with Gasteiger partial charge in [0.05, 0.1) is 13.7 Å². The number of ether oxygens (including phenoxy) is 2. The number of rotatable bonds is 5. The molecule has 1 aliphatic heterocycles. The van der Waals surface area contributed by atoms with Gasteiger partial charge in [-0.15, -0.1) is 0 Å². The zero-order chi connectivity index (χ0) is 20.4. The number of methoxy groups -OCH3 is 1. The minimum absolute atomic E-state index is 0.139. The van der Waals surface area contributed by atoms with Crippen LogP contribution in [-0.4, -0.2) is 30.7 Å². The van der Waals surface area contributed by atoms with E-state index in [-0.39, 0.29) is 18.0 Å². The first-order valence-corrected chi connectivity index (χ1v) is 9.75. The molecule has 0 saturated carbocycles. The molecule has 4 rings (SSSR count). The number of H-pyrrole nitrogens is 1. The first-order chi connectivity index (χ1) is 14.0. The average molecular weight is 392 g/mol. The van der Waals surface area contributed by atoms with Gasteiger partial charge in [-0.2, -0.15) is 0 Å². The smallest absolute Gasteiger partial charge is 0.256 e. The van der Waals surface area contributed by atoms with Gasteiger partial charge < -0.3 is 19.4 Å². The molecule has 6 nitrogen and oxygen atoms in total. The van der Waals surface area contributed by atoms with Gasteiger partial charge in [-0.1, -0.05) is 17.7 Å². The van der Waals surface area contributed by atoms with Crippen LogP contribution in [0.1, 0.15) is 24.0 Å². The van der Waals surface area contributed by atoms with Crippen molar-refractivity contribution in [3.05, 3.63) is 70.0 Å². The lowest BCUT2D eigenvalue weighted by Crippen LogP contribution is -2.39. The highest BCUT2D eigenvalue weighted by molar-refractivity contribution is 5.97. The Balaban J connectivity index is 1.74. The number of pyridine rings is 1. The Kier molecular flexibility index (Phi) is 5.36. The molecule has 1 saturated heterocycles. The number of amides is 1. The zero-order valence-electron chi connectivity index (χ0n) is 16.6. The van der Waals surface area contributed by atoms with Gasteiger partial charge in [0, 0.05) is 29.4 Å². The Morgan fingerprint density at radius 1 is 1.24 bits per heavy atom. The van der Waals surface area contributed by atoms with Crippen molar-refractivity contribution in [2.75, 3.05) is 18.6 Å². The topological polar surface area (TPSA) is 71.6 Å². The van der Waals surface area contributed by atoms with Crippen molar-refractivity contribution in [1.82, 2.24) is 4.98 Å². The highest BCUT2D eigenvalue weighted by atomic mass is 16.5. The van der Waals surface area contributed by atoms with Crippen LogP contribution < -0.4 is 15.2 Å². The molecule has 1 fully saturated rings. The molecule has 1 amide bonds. The van der Waals surface area contributed by atoms with Crippen molar-refractivity contribution in [3.8, 4) is 5.75 Å². The number of benzene rings is 2. The van der Waals surface area contributed by atoms with Gasteiger partial charge in [0.15, 0.2) is 0 Å². The second-order valence-corrected chi connectivity index (χ2v) is 7.34. The van der Waals surface area contributed by atoms with E-state index in [2.05, 4.69) is 4.98 Å². The maximum atomic E-state index is 13.2. The van der Waals surface area contributed by atoms with Gasteiger partial charge in [0.1, 0.15) is 11.9 Å². The molecule has 0 aliphatic carbocycles. The second-order valence-electron chi connectivity index (χ2n) is 7.34. The zero-order valence-corrected chi connectivity index (χ0v) is 16.6. The lowest BCUT2D eigenvalue weighted by atomic mass is 10.1. The van der Waals surface area contributed by atoms with Gasteiger partial charge in [0.2, 0.25) is 0 Å². The summed E-state index contributed by atoms with van der Waals surface area (Å²) in [5.41, 5.74) is 2.89. The van der Waals surface area contributed by atoms with E-state index >= 15 is 0 Å². The molecule has 0 spiro atoms. The molecule has 1 atom stereocenters. The molecule has 1 aliphatic rings. The molecule has 0 bridgehead atoms. The van der Waals surface area contributed by atoms with Gasteiger partial charge in [-0.25, -0.2) is 0 Å². The maximum Gasteiger partial charge on any atom is 0.256 e. The van der Waals surface area contributed by atoms with Crippen LogP contribution in [0.15, 0.2) is 53.3 Å². The van der Waals surface area contributed by atoms with Crippen molar-refractivity contribution in [2.24, 2.45) is 0 Å². The molecule has 1 unspecified atom stereocenters. The minimum atomic E-state index is -0.483. The predicted octanol–water partition coefficient (Wildman–Crippen LogP) is 3.56. The molecule has 0 radical (unpaired) electrons. The predicted molar refractivity (Wildman–Crippen MR) is 112 cm³/mol. The molecule has 1 N–H and O–H groups in total. The number of nitrogens with zero attached hydrogens (tertiary/aromatic N) is 1. The fourth-order valence-corrected chi connectivity index (χ4v) is 3.68. The van der Waals surface area contributed by atoms with E-state index in [0.29, 0.717) is 30.0 Å². The first kappa shape index (κ1) is 19.2. The third-order valence-corrected chi connectivity index (χ3v) is 5.24. The number of carbonyl (C=O) groups is 1. The number of hydrogen-bond donors (Lipinski definition) is 1. The van der Waals surface area contributed by atoms with Crippen LogP contribution in [-0.2, 0) is 16.1 Å². The number of carbonyl (C=O) groups excluding carboxylic acids is 1. The largest absolute Gasteiger partial charge is 0.497 e. The summed E-state index contributed by atoms with van der Waals surface area (Å²) in [5, 5.41) is 0.940. The molecule has 2 aromatic carbocycles. The lowest BCUT2D eigenvalue weighted by molar-refractivity contribution is -0.127. The fourth-order valence-electron chi connectivity index (χ4n) is 3.68. The number of nitrogens with one attached hydrogen (secondary N) is 1. The molecular formula is C23H24N2O4. The van der Waals surface area contributed by atoms with E-state index in [9.17, 15) is 9.59 Å². The lowest BCUT2D eigenvalue weighted by Gasteiger charge is -2.25. The number of aryl methyl sites for hydroxylation is 1. The highest BCUT2D eigenvalue weighted by Crippen LogP contribution is 2.26. The number of aromatic amines is 1. The van der Waals surface area contributed by atoms with Crippen molar-refractivity contribution >= 4 is 22.5 Å². The monoisotopic (exact) mass is 392 g/mol. The maximum absolute atomic E-state index is 13.2. The van der Waals surface area contributed by atoms with Gasteiger partial charge in [0.25, 0.3) is 11.5 Å². The summed E-state index contributed by atoms with van der Waals surface area (Å²) in [6.45, 7) is 2.75. The van der Waals surface area contributed by atoms with E-state index < -0.39 is 6.10 Å². The Morgan fingerprint density at radius 2 is 2.10 bits per heavy atom. The van der Waals surface area contributed by atoms with E-state index in [1.807, 2.05) is 49.4 Å². The summed E-state index contributed by atoms with van der Waals surface area (Å²) >= 11 is 0. The fraction of sp³-hybridized carbons (Fsp3) is 0.304. The van der Waals surface area contributed by atoms with Crippen LogP contribution in [0.5, 0.6) is 5.75 Å². The van der Waals surface area contributed by atoms with Crippen LogP contribution >= 0.6 is 0 Å². The van der Waals surface area contributed by atoms with Crippen molar-refractivity contribution in [3.63, 3.8) is 0 Å². The molecular weight excluding hydrogens is 368 g/mol. The van der Waals surface area contributed by atoms with E-state index in [4.69, 9.17) is 9.47 Å². The Hall–Kier alpha value is -3.12. The molecule has 29 heavy (non-hydrogen) atoms. The quantitative estimate of drug-likeness (QED) is 0.721. The number of anilines is 1. The summed E-state index contributed by atoms with van der Waals surface area (Å²) in [4.78, 5) is 30.5. The third kappa shape index (κ3) is 4.03. The van der Waals surface area contributed by atoms with Crippen LogP contribution in [0.4, 0.5) is 5.69 Å². The molecule has 6 heteroatoms. The first-order valence-electron chi connectivity index (χ1n) is 9.75. The van der Waals surface area contributed by atoms with Gasteiger partial charge in [-0.05, 0) is 55.5 Å². The Morgan fingerprint density at radius 3 is 2.86 bits per heavy atom. The van der Waals surface area contributed by atoms with E-state index in [1.165, 1.54) is 0 Å². The van der Waals surface area contributed by atoms with Crippen molar-refractivity contribution in [2.45, 2.75) is 32.4 Å². The molecule has 3 aromatic rings. The second kappa shape index (κ2) is 8.09.